The minimum atomic E-state index is -0.632. The maximum atomic E-state index is 9.25. The maximum Gasteiger partial charge on any atom is 0.119 e. The lowest BCUT2D eigenvalue weighted by Crippen LogP contribution is -2.26. The first-order valence-electron chi connectivity index (χ1n) is 6.07. The summed E-state index contributed by atoms with van der Waals surface area (Å²) in [7, 11) is 0. The molecule has 1 atom stereocenters. The third-order valence-corrected chi connectivity index (χ3v) is 2.24. The van der Waals surface area contributed by atoms with Crippen molar-refractivity contribution in [1.82, 2.24) is 0 Å². The molecule has 0 aromatic heterocycles. The number of hydrogen-bond acceptors (Lipinski definition) is 5. The van der Waals surface area contributed by atoms with Crippen LogP contribution < -0.4 is 15.2 Å². The minimum absolute atomic E-state index is 0.193. The molecule has 1 rings (SSSR count). The van der Waals surface area contributed by atoms with E-state index >= 15 is 0 Å². The summed E-state index contributed by atoms with van der Waals surface area (Å²) in [6.45, 7) is 4.14. The maximum absolute atomic E-state index is 9.25. The summed E-state index contributed by atoms with van der Waals surface area (Å²) < 4.78 is 16.0. The third kappa shape index (κ3) is 5.86. The van der Waals surface area contributed by atoms with Crippen LogP contribution in [0.2, 0.25) is 0 Å². The molecule has 5 nitrogen and oxygen atoms in total. The van der Waals surface area contributed by atoms with E-state index in [1.54, 1.807) is 12.1 Å². The predicted octanol–water partition coefficient (Wildman–Crippen LogP) is 0.800. The van der Waals surface area contributed by atoms with Gasteiger partial charge >= 0.3 is 0 Å². The molecule has 18 heavy (non-hydrogen) atoms. The van der Waals surface area contributed by atoms with Crippen molar-refractivity contribution in [2.24, 2.45) is 5.73 Å². The molecule has 3 N–H and O–H groups in total. The van der Waals surface area contributed by atoms with Crippen molar-refractivity contribution >= 4 is 0 Å². The Kier molecular flexibility index (Phi) is 7.17. The first kappa shape index (κ1) is 14.8. The van der Waals surface area contributed by atoms with Gasteiger partial charge in [-0.2, -0.15) is 0 Å². The SMILES string of the molecule is CCOCCOc1ccc(OCC(O)CN)cc1. The molecular formula is C13H21NO4. The highest BCUT2D eigenvalue weighted by Gasteiger charge is 2.02. The van der Waals surface area contributed by atoms with Crippen LogP contribution in [0.4, 0.5) is 0 Å². The zero-order chi connectivity index (χ0) is 13.2. The first-order valence-corrected chi connectivity index (χ1v) is 6.07. The summed E-state index contributed by atoms with van der Waals surface area (Å²) in [4.78, 5) is 0. The van der Waals surface area contributed by atoms with Gasteiger partial charge < -0.3 is 25.1 Å². The highest BCUT2D eigenvalue weighted by Crippen LogP contribution is 2.17. The van der Waals surface area contributed by atoms with Crippen molar-refractivity contribution in [2.75, 3.05) is 33.0 Å². The van der Waals surface area contributed by atoms with Gasteiger partial charge in [0, 0.05) is 13.2 Å². The Labute approximate surface area is 107 Å². The lowest BCUT2D eigenvalue weighted by molar-refractivity contribution is 0.109. The standard InChI is InChI=1S/C13H21NO4/c1-2-16-7-8-17-12-3-5-13(6-4-12)18-10-11(15)9-14/h3-6,11,15H,2,7-10,14H2,1H3. The zero-order valence-corrected chi connectivity index (χ0v) is 10.7. The van der Waals surface area contributed by atoms with Gasteiger partial charge in [-0.15, -0.1) is 0 Å². The Morgan fingerprint density at radius 1 is 1.11 bits per heavy atom. The zero-order valence-electron chi connectivity index (χ0n) is 10.7. The number of hydrogen-bond donors (Lipinski definition) is 2. The van der Waals surface area contributed by atoms with E-state index in [1.165, 1.54) is 0 Å². The third-order valence-electron chi connectivity index (χ3n) is 2.24. The quantitative estimate of drug-likeness (QED) is 0.638. The van der Waals surface area contributed by atoms with E-state index in [4.69, 9.17) is 19.9 Å². The number of aliphatic hydroxyl groups excluding tert-OH is 1. The number of aliphatic hydroxyl groups is 1. The number of ether oxygens (including phenoxy) is 3. The van der Waals surface area contributed by atoms with Gasteiger partial charge in [-0.05, 0) is 31.2 Å². The van der Waals surface area contributed by atoms with E-state index in [9.17, 15) is 5.11 Å². The monoisotopic (exact) mass is 255 g/mol. The van der Waals surface area contributed by atoms with Crippen LogP contribution >= 0.6 is 0 Å². The van der Waals surface area contributed by atoms with Crippen molar-refractivity contribution in [3.05, 3.63) is 24.3 Å². The topological polar surface area (TPSA) is 73.9 Å². The number of rotatable bonds is 9. The van der Waals surface area contributed by atoms with Crippen LogP contribution in [0.25, 0.3) is 0 Å². The van der Waals surface area contributed by atoms with Gasteiger partial charge in [0.1, 0.15) is 30.8 Å². The molecule has 0 amide bonds. The molecule has 1 aromatic rings. The minimum Gasteiger partial charge on any atom is -0.491 e. The van der Waals surface area contributed by atoms with Gasteiger partial charge in [0.25, 0.3) is 0 Å². The summed E-state index contributed by atoms with van der Waals surface area (Å²) in [6, 6.07) is 7.21. The highest BCUT2D eigenvalue weighted by molar-refractivity contribution is 5.31. The summed E-state index contributed by atoms with van der Waals surface area (Å²) in [5.41, 5.74) is 5.28. The Morgan fingerprint density at radius 3 is 2.28 bits per heavy atom. The summed E-state index contributed by atoms with van der Waals surface area (Å²) in [5.74, 6) is 1.45. The fourth-order valence-corrected chi connectivity index (χ4v) is 1.26. The smallest absolute Gasteiger partial charge is 0.119 e. The molecular weight excluding hydrogens is 234 g/mol. The van der Waals surface area contributed by atoms with Gasteiger partial charge in [-0.3, -0.25) is 0 Å². The van der Waals surface area contributed by atoms with Gasteiger partial charge in [-0.25, -0.2) is 0 Å². The normalized spacial score (nSPS) is 12.2. The Balaban J connectivity index is 2.28. The first-order chi connectivity index (χ1) is 8.76. The molecule has 1 aromatic carbocycles. The number of nitrogens with two attached hydrogens (primary N) is 1. The molecule has 0 spiro atoms. The fraction of sp³-hybridized carbons (Fsp3) is 0.538. The van der Waals surface area contributed by atoms with Gasteiger partial charge in [0.05, 0.1) is 6.61 Å². The van der Waals surface area contributed by atoms with E-state index in [0.717, 1.165) is 5.75 Å². The summed E-state index contributed by atoms with van der Waals surface area (Å²) >= 11 is 0. The van der Waals surface area contributed by atoms with Crippen molar-refractivity contribution in [3.63, 3.8) is 0 Å². The molecule has 1 unspecified atom stereocenters. The Morgan fingerprint density at radius 2 is 1.72 bits per heavy atom. The molecule has 0 aliphatic rings. The molecule has 0 saturated heterocycles. The second-order valence-corrected chi connectivity index (χ2v) is 3.72. The van der Waals surface area contributed by atoms with Crippen molar-refractivity contribution < 1.29 is 19.3 Å². The molecule has 0 aliphatic carbocycles. The van der Waals surface area contributed by atoms with Crippen LogP contribution in [-0.2, 0) is 4.74 Å². The lowest BCUT2D eigenvalue weighted by atomic mass is 10.3. The van der Waals surface area contributed by atoms with Crippen molar-refractivity contribution in [2.45, 2.75) is 13.0 Å². The van der Waals surface area contributed by atoms with Crippen molar-refractivity contribution in [3.8, 4) is 11.5 Å². The summed E-state index contributed by atoms with van der Waals surface area (Å²) in [6.07, 6.45) is -0.632. The molecule has 0 aliphatic heterocycles. The molecule has 0 saturated carbocycles. The van der Waals surface area contributed by atoms with E-state index < -0.39 is 6.10 Å². The lowest BCUT2D eigenvalue weighted by Gasteiger charge is -2.11. The average molecular weight is 255 g/mol. The molecule has 102 valence electrons. The fourth-order valence-electron chi connectivity index (χ4n) is 1.26. The van der Waals surface area contributed by atoms with Crippen LogP contribution in [0, 0.1) is 0 Å². The molecule has 0 heterocycles. The predicted molar refractivity (Wildman–Crippen MR) is 69.0 cm³/mol. The Bertz CT molecular complexity index is 315. The van der Waals surface area contributed by atoms with Gasteiger partial charge in [0.2, 0.25) is 0 Å². The van der Waals surface area contributed by atoms with Gasteiger partial charge in [0.15, 0.2) is 0 Å². The molecule has 5 heteroatoms. The molecule has 0 fully saturated rings. The number of benzene rings is 1. The van der Waals surface area contributed by atoms with E-state index in [-0.39, 0.29) is 13.2 Å². The van der Waals surface area contributed by atoms with Crippen LogP contribution in [-0.4, -0.2) is 44.2 Å². The molecule has 0 radical (unpaired) electrons. The van der Waals surface area contributed by atoms with Crippen molar-refractivity contribution in [1.29, 1.82) is 0 Å². The second kappa shape index (κ2) is 8.74. The van der Waals surface area contributed by atoms with Gasteiger partial charge in [-0.1, -0.05) is 0 Å². The Hall–Kier alpha value is -1.30. The van der Waals surface area contributed by atoms with E-state index in [0.29, 0.717) is 25.6 Å². The van der Waals surface area contributed by atoms with Crippen LogP contribution in [0.15, 0.2) is 24.3 Å². The van der Waals surface area contributed by atoms with E-state index in [2.05, 4.69) is 0 Å². The van der Waals surface area contributed by atoms with E-state index in [1.807, 2.05) is 19.1 Å². The second-order valence-electron chi connectivity index (χ2n) is 3.72. The molecule has 0 bridgehead atoms. The largest absolute Gasteiger partial charge is 0.491 e. The van der Waals surface area contributed by atoms with Crippen LogP contribution in [0.3, 0.4) is 0 Å². The average Bonchev–Trinajstić information content (AvgIpc) is 2.42. The van der Waals surface area contributed by atoms with Crippen LogP contribution in [0.1, 0.15) is 6.92 Å². The van der Waals surface area contributed by atoms with Crippen LogP contribution in [0.5, 0.6) is 11.5 Å². The summed E-state index contributed by atoms with van der Waals surface area (Å²) in [5, 5.41) is 9.25. The highest BCUT2D eigenvalue weighted by atomic mass is 16.5.